The lowest BCUT2D eigenvalue weighted by Crippen LogP contribution is -2.09. The molecule has 78 valence electrons. The second-order valence-corrected chi connectivity index (χ2v) is 4.10. The molecule has 0 atom stereocenters. The molecule has 1 rings (SSSR count). The molecule has 0 aromatic carbocycles. The highest BCUT2D eigenvalue weighted by molar-refractivity contribution is 6.29. The molecule has 0 N–H and O–H groups in total. The van der Waals surface area contributed by atoms with Gasteiger partial charge in [0.2, 0.25) is 5.88 Å². The van der Waals surface area contributed by atoms with E-state index in [-0.39, 0.29) is 12.0 Å². The molecule has 0 amide bonds. The van der Waals surface area contributed by atoms with Gasteiger partial charge in [0.05, 0.1) is 6.10 Å². The van der Waals surface area contributed by atoms with Gasteiger partial charge in [0.25, 0.3) is 0 Å². The third-order valence-electron chi connectivity index (χ3n) is 1.56. The zero-order chi connectivity index (χ0) is 10.7. The fourth-order valence-electron chi connectivity index (χ4n) is 0.974. The third-order valence-corrected chi connectivity index (χ3v) is 1.76. The van der Waals surface area contributed by atoms with Crippen molar-refractivity contribution < 1.29 is 4.74 Å². The van der Waals surface area contributed by atoms with Crippen LogP contribution < -0.4 is 4.74 Å². The predicted molar refractivity (Wildman–Crippen MR) is 56.9 cm³/mol. The fraction of sp³-hybridized carbons (Fsp3) is 0.600. The van der Waals surface area contributed by atoms with Crippen LogP contribution in [0.4, 0.5) is 0 Å². The molecule has 0 radical (unpaired) electrons. The van der Waals surface area contributed by atoms with Gasteiger partial charge in [0.1, 0.15) is 11.0 Å². The molecule has 4 heteroatoms. The van der Waals surface area contributed by atoms with E-state index in [4.69, 9.17) is 16.3 Å². The molecule has 0 aliphatic carbocycles. The Labute approximate surface area is 89.5 Å². The van der Waals surface area contributed by atoms with Gasteiger partial charge in [-0.15, -0.1) is 0 Å². The first-order valence-corrected chi connectivity index (χ1v) is 5.08. The van der Waals surface area contributed by atoms with Crippen molar-refractivity contribution in [3.8, 4) is 5.88 Å². The Morgan fingerprint density at radius 3 is 2.36 bits per heavy atom. The van der Waals surface area contributed by atoms with E-state index in [0.29, 0.717) is 16.9 Å². The SMILES string of the molecule is CC(C)Oc1cc(Cl)nc(C(C)C)n1. The average molecular weight is 215 g/mol. The van der Waals surface area contributed by atoms with E-state index in [0.717, 1.165) is 0 Å². The van der Waals surface area contributed by atoms with E-state index < -0.39 is 0 Å². The molecule has 0 saturated carbocycles. The zero-order valence-electron chi connectivity index (χ0n) is 8.91. The number of nitrogens with zero attached hydrogens (tertiary/aromatic N) is 2. The van der Waals surface area contributed by atoms with E-state index in [1.165, 1.54) is 0 Å². The van der Waals surface area contributed by atoms with Crippen molar-refractivity contribution in [2.75, 3.05) is 0 Å². The van der Waals surface area contributed by atoms with Crippen LogP contribution in [-0.2, 0) is 0 Å². The Morgan fingerprint density at radius 2 is 1.86 bits per heavy atom. The van der Waals surface area contributed by atoms with Gasteiger partial charge in [-0.1, -0.05) is 25.4 Å². The molecular formula is C10H15ClN2O. The molecule has 0 bridgehead atoms. The molecule has 0 aliphatic heterocycles. The standard InChI is InChI=1S/C10H15ClN2O/c1-6(2)10-12-8(11)5-9(13-10)14-7(3)4/h5-7H,1-4H3. The summed E-state index contributed by atoms with van der Waals surface area (Å²) in [5, 5.41) is 0.430. The lowest BCUT2D eigenvalue weighted by Gasteiger charge is -2.11. The lowest BCUT2D eigenvalue weighted by atomic mass is 10.2. The summed E-state index contributed by atoms with van der Waals surface area (Å²) in [6.07, 6.45) is 0.0981. The van der Waals surface area contributed by atoms with E-state index in [1.54, 1.807) is 6.07 Å². The van der Waals surface area contributed by atoms with Crippen molar-refractivity contribution in [2.45, 2.75) is 39.7 Å². The largest absolute Gasteiger partial charge is 0.475 e. The Hall–Kier alpha value is -0.830. The topological polar surface area (TPSA) is 35.0 Å². The lowest BCUT2D eigenvalue weighted by molar-refractivity contribution is 0.231. The van der Waals surface area contributed by atoms with Crippen LogP contribution in [0, 0.1) is 0 Å². The van der Waals surface area contributed by atoms with Crippen LogP contribution in [0.25, 0.3) is 0 Å². The zero-order valence-corrected chi connectivity index (χ0v) is 9.67. The molecule has 1 heterocycles. The Kier molecular flexibility index (Phi) is 3.69. The summed E-state index contributed by atoms with van der Waals surface area (Å²) < 4.78 is 5.45. The maximum absolute atomic E-state index is 5.85. The number of aromatic nitrogens is 2. The van der Waals surface area contributed by atoms with Gasteiger partial charge >= 0.3 is 0 Å². The van der Waals surface area contributed by atoms with Crippen LogP contribution >= 0.6 is 11.6 Å². The van der Waals surface area contributed by atoms with Crippen LogP contribution in [0.15, 0.2) is 6.07 Å². The quantitative estimate of drug-likeness (QED) is 0.726. The molecule has 0 fully saturated rings. The van der Waals surface area contributed by atoms with Crippen molar-refractivity contribution in [3.05, 3.63) is 17.0 Å². The second kappa shape index (κ2) is 4.60. The van der Waals surface area contributed by atoms with Crippen molar-refractivity contribution in [3.63, 3.8) is 0 Å². The minimum Gasteiger partial charge on any atom is -0.475 e. The second-order valence-electron chi connectivity index (χ2n) is 3.71. The van der Waals surface area contributed by atoms with E-state index in [9.17, 15) is 0 Å². The first kappa shape index (κ1) is 11.2. The van der Waals surface area contributed by atoms with Gasteiger partial charge < -0.3 is 4.74 Å². The van der Waals surface area contributed by atoms with Crippen LogP contribution in [0.3, 0.4) is 0 Å². The summed E-state index contributed by atoms with van der Waals surface area (Å²) in [6, 6.07) is 1.63. The summed E-state index contributed by atoms with van der Waals surface area (Å²) in [6.45, 7) is 7.94. The fourth-order valence-corrected chi connectivity index (χ4v) is 1.15. The monoisotopic (exact) mass is 214 g/mol. The highest BCUT2D eigenvalue weighted by Crippen LogP contribution is 2.19. The highest BCUT2D eigenvalue weighted by Gasteiger charge is 2.08. The minimum absolute atomic E-state index is 0.0981. The summed E-state index contributed by atoms with van der Waals surface area (Å²) in [5.74, 6) is 1.51. The van der Waals surface area contributed by atoms with Crippen molar-refractivity contribution in [2.24, 2.45) is 0 Å². The molecule has 0 saturated heterocycles. The number of hydrogen-bond acceptors (Lipinski definition) is 3. The first-order chi connectivity index (χ1) is 6.49. The Morgan fingerprint density at radius 1 is 1.21 bits per heavy atom. The van der Waals surface area contributed by atoms with Crippen molar-refractivity contribution >= 4 is 11.6 Å². The van der Waals surface area contributed by atoms with Gasteiger partial charge in [-0.3, -0.25) is 0 Å². The molecule has 0 aliphatic rings. The number of hydrogen-bond donors (Lipinski definition) is 0. The number of rotatable bonds is 3. The maximum Gasteiger partial charge on any atom is 0.218 e. The van der Waals surface area contributed by atoms with Gasteiger partial charge in [0.15, 0.2) is 0 Å². The van der Waals surface area contributed by atoms with Crippen LogP contribution in [0.2, 0.25) is 5.15 Å². The molecule has 14 heavy (non-hydrogen) atoms. The number of halogens is 1. The molecule has 0 spiro atoms. The maximum atomic E-state index is 5.85. The van der Waals surface area contributed by atoms with Gasteiger partial charge in [0, 0.05) is 12.0 Å². The molecule has 1 aromatic heterocycles. The smallest absolute Gasteiger partial charge is 0.218 e. The van der Waals surface area contributed by atoms with Crippen LogP contribution in [0.5, 0.6) is 5.88 Å². The van der Waals surface area contributed by atoms with E-state index in [1.807, 2.05) is 27.7 Å². The highest BCUT2D eigenvalue weighted by atomic mass is 35.5. The predicted octanol–water partition coefficient (Wildman–Crippen LogP) is 3.04. The summed E-state index contributed by atoms with van der Waals surface area (Å²) in [4.78, 5) is 8.37. The van der Waals surface area contributed by atoms with Crippen molar-refractivity contribution in [1.82, 2.24) is 9.97 Å². The van der Waals surface area contributed by atoms with Gasteiger partial charge in [-0.2, -0.15) is 4.98 Å². The van der Waals surface area contributed by atoms with Gasteiger partial charge in [-0.25, -0.2) is 4.98 Å². The summed E-state index contributed by atoms with van der Waals surface area (Å²) >= 11 is 5.85. The molecular weight excluding hydrogens is 200 g/mol. The Bertz CT molecular complexity index is 313. The molecule has 1 aromatic rings. The average Bonchev–Trinajstić information content (AvgIpc) is 2.01. The number of ether oxygens (including phenoxy) is 1. The molecule has 3 nitrogen and oxygen atoms in total. The van der Waals surface area contributed by atoms with Crippen LogP contribution in [0.1, 0.15) is 39.4 Å². The van der Waals surface area contributed by atoms with Gasteiger partial charge in [-0.05, 0) is 13.8 Å². The minimum atomic E-state index is 0.0981. The van der Waals surface area contributed by atoms with Crippen LogP contribution in [-0.4, -0.2) is 16.1 Å². The normalized spacial score (nSPS) is 11.1. The summed E-state index contributed by atoms with van der Waals surface area (Å²) in [7, 11) is 0. The third kappa shape index (κ3) is 3.14. The summed E-state index contributed by atoms with van der Waals surface area (Å²) in [5.41, 5.74) is 0. The van der Waals surface area contributed by atoms with E-state index >= 15 is 0 Å². The first-order valence-electron chi connectivity index (χ1n) is 4.70. The van der Waals surface area contributed by atoms with Crippen molar-refractivity contribution in [1.29, 1.82) is 0 Å². The molecule has 0 unspecified atom stereocenters. The van der Waals surface area contributed by atoms with E-state index in [2.05, 4.69) is 9.97 Å². The Balaban J connectivity index is 2.95.